The van der Waals surface area contributed by atoms with E-state index in [9.17, 15) is 22.0 Å². The van der Waals surface area contributed by atoms with Crippen LogP contribution in [0.2, 0.25) is 5.02 Å². The normalized spacial score (nSPS) is 12.5. The number of anilines is 1. The SMILES string of the molecule is COc1ccc(S(=O)(=O)N[C@H](C)C(=O)Nc2ccc(F)cc2F)cc1Cl. The summed E-state index contributed by atoms with van der Waals surface area (Å²) in [5.74, 6) is -2.30. The highest BCUT2D eigenvalue weighted by atomic mass is 35.5. The molecular formula is C16H15ClF2N2O4S. The summed E-state index contributed by atoms with van der Waals surface area (Å²) in [6.45, 7) is 1.28. The number of halogens is 3. The van der Waals surface area contributed by atoms with Crippen LogP contribution in [-0.4, -0.2) is 27.5 Å². The lowest BCUT2D eigenvalue weighted by atomic mass is 10.2. The van der Waals surface area contributed by atoms with Crippen molar-refractivity contribution < 1.29 is 26.7 Å². The summed E-state index contributed by atoms with van der Waals surface area (Å²) in [4.78, 5) is 11.9. The molecule has 26 heavy (non-hydrogen) atoms. The Bertz CT molecular complexity index is 938. The van der Waals surface area contributed by atoms with Gasteiger partial charge in [0.25, 0.3) is 0 Å². The molecule has 2 N–H and O–H groups in total. The van der Waals surface area contributed by atoms with Crippen LogP contribution in [0.5, 0.6) is 5.75 Å². The van der Waals surface area contributed by atoms with E-state index in [0.29, 0.717) is 11.8 Å². The third-order valence-corrected chi connectivity index (χ3v) is 5.18. The first kappa shape index (κ1) is 20.1. The average Bonchev–Trinajstić information content (AvgIpc) is 2.56. The average molecular weight is 405 g/mol. The van der Waals surface area contributed by atoms with Gasteiger partial charge in [-0.05, 0) is 37.3 Å². The third kappa shape index (κ3) is 4.69. The van der Waals surface area contributed by atoms with Crippen LogP contribution in [0, 0.1) is 11.6 Å². The summed E-state index contributed by atoms with van der Waals surface area (Å²) in [6.07, 6.45) is 0. The van der Waals surface area contributed by atoms with Crippen LogP contribution >= 0.6 is 11.6 Å². The molecule has 0 saturated heterocycles. The highest BCUT2D eigenvalue weighted by Crippen LogP contribution is 2.27. The Kier molecular flexibility index (Phi) is 6.17. The molecule has 0 aliphatic heterocycles. The van der Waals surface area contributed by atoms with Gasteiger partial charge in [0, 0.05) is 6.07 Å². The Morgan fingerprint density at radius 3 is 2.46 bits per heavy atom. The second kappa shape index (κ2) is 7.98. The lowest BCUT2D eigenvalue weighted by molar-refractivity contribution is -0.117. The van der Waals surface area contributed by atoms with Crippen LogP contribution in [0.25, 0.3) is 0 Å². The van der Waals surface area contributed by atoms with Crippen molar-refractivity contribution in [2.45, 2.75) is 17.9 Å². The minimum atomic E-state index is -4.07. The number of nitrogens with one attached hydrogen (secondary N) is 2. The predicted octanol–water partition coefficient (Wildman–Crippen LogP) is 2.93. The highest BCUT2D eigenvalue weighted by molar-refractivity contribution is 7.89. The van der Waals surface area contributed by atoms with Crippen LogP contribution < -0.4 is 14.8 Å². The molecule has 6 nitrogen and oxygen atoms in total. The van der Waals surface area contributed by atoms with Gasteiger partial charge in [0.2, 0.25) is 15.9 Å². The van der Waals surface area contributed by atoms with Crippen molar-refractivity contribution in [3.63, 3.8) is 0 Å². The van der Waals surface area contributed by atoms with Crippen LogP contribution in [0.1, 0.15) is 6.92 Å². The first-order valence-corrected chi connectivity index (χ1v) is 9.12. The Hall–Kier alpha value is -2.23. The number of sulfonamides is 1. The van der Waals surface area contributed by atoms with Gasteiger partial charge in [-0.3, -0.25) is 4.79 Å². The standard InChI is InChI=1S/C16H15ClF2N2O4S/c1-9(16(22)20-14-5-3-10(18)7-13(14)19)21-26(23,24)11-4-6-15(25-2)12(17)8-11/h3-9,21H,1-2H3,(H,20,22)/t9-/m1/s1. The number of hydrogen-bond acceptors (Lipinski definition) is 4. The summed E-state index contributed by atoms with van der Waals surface area (Å²) in [7, 11) is -2.68. The van der Waals surface area contributed by atoms with E-state index < -0.39 is 33.6 Å². The first-order valence-electron chi connectivity index (χ1n) is 7.26. The van der Waals surface area contributed by atoms with Crippen molar-refractivity contribution >= 4 is 33.2 Å². The van der Waals surface area contributed by atoms with Gasteiger partial charge in [-0.15, -0.1) is 0 Å². The van der Waals surface area contributed by atoms with Gasteiger partial charge in [0.05, 0.1) is 28.8 Å². The lowest BCUT2D eigenvalue weighted by Crippen LogP contribution is -2.41. The Balaban J connectivity index is 2.13. The molecule has 0 bridgehead atoms. The zero-order valence-corrected chi connectivity index (χ0v) is 15.3. The third-order valence-electron chi connectivity index (χ3n) is 3.35. The fourth-order valence-electron chi connectivity index (χ4n) is 2.00. The van der Waals surface area contributed by atoms with E-state index in [4.69, 9.17) is 16.3 Å². The summed E-state index contributed by atoms with van der Waals surface area (Å²) < 4.78 is 58.2. The van der Waals surface area contributed by atoms with Gasteiger partial charge < -0.3 is 10.1 Å². The van der Waals surface area contributed by atoms with Crippen molar-refractivity contribution in [2.24, 2.45) is 0 Å². The lowest BCUT2D eigenvalue weighted by Gasteiger charge is -2.15. The van der Waals surface area contributed by atoms with Gasteiger partial charge in [0.15, 0.2) is 0 Å². The monoisotopic (exact) mass is 404 g/mol. The van der Waals surface area contributed by atoms with E-state index in [1.54, 1.807) is 0 Å². The molecule has 0 saturated carbocycles. The maximum Gasteiger partial charge on any atom is 0.242 e. The minimum Gasteiger partial charge on any atom is -0.495 e. The molecule has 10 heteroatoms. The maximum atomic E-state index is 13.6. The molecule has 0 heterocycles. The number of hydrogen-bond donors (Lipinski definition) is 2. The fraction of sp³-hybridized carbons (Fsp3) is 0.188. The van der Waals surface area contributed by atoms with E-state index >= 15 is 0 Å². The molecule has 0 unspecified atom stereocenters. The molecule has 0 aliphatic carbocycles. The largest absolute Gasteiger partial charge is 0.495 e. The Morgan fingerprint density at radius 1 is 1.19 bits per heavy atom. The molecule has 2 aromatic carbocycles. The van der Waals surface area contributed by atoms with E-state index in [-0.39, 0.29) is 15.6 Å². The van der Waals surface area contributed by atoms with Crippen molar-refractivity contribution in [3.8, 4) is 5.75 Å². The first-order chi connectivity index (χ1) is 12.1. The van der Waals surface area contributed by atoms with Gasteiger partial charge in [-0.25, -0.2) is 17.2 Å². The quantitative estimate of drug-likeness (QED) is 0.775. The zero-order chi connectivity index (χ0) is 19.5. The zero-order valence-electron chi connectivity index (χ0n) is 13.7. The molecule has 140 valence electrons. The van der Waals surface area contributed by atoms with Crippen molar-refractivity contribution in [2.75, 3.05) is 12.4 Å². The molecule has 1 atom stereocenters. The van der Waals surface area contributed by atoms with E-state index in [1.807, 2.05) is 0 Å². The second-order valence-electron chi connectivity index (χ2n) is 5.25. The van der Waals surface area contributed by atoms with Gasteiger partial charge in [-0.1, -0.05) is 11.6 Å². The molecule has 0 spiro atoms. The molecule has 2 rings (SSSR count). The highest BCUT2D eigenvalue weighted by Gasteiger charge is 2.23. The molecule has 0 aliphatic rings. The van der Waals surface area contributed by atoms with Crippen LogP contribution in [-0.2, 0) is 14.8 Å². The Labute approximate surface area is 154 Å². The molecule has 0 radical (unpaired) electrons. The van der Waals surface area contributed by atoms with Crippen molar-refractivity contribution in [1.82, 2.24) is 4.72 Å². The number of methoxy groups -OCH3 is 1. The van der Waals surface area contributed by atoms with Crippen molar-refractivity contribution in [1.29, 1.82) is 0 Å². The van der Waals surface area contributed by atoms with Gasteiger partial charge >= 0.3 is 0 Å². The van der Waals surface area contributed by atoms with Crippen LogP contribution in [0.15, 0.2) is 41.3 Å². The number of benzene rings is 2. The summed E-state index contributed by atoms with van der Waals surface area (Å²) in [5.41, 5.74) is -0.269. The van der Waals surface area contributed by atoms with Gasteiger partial charge in [0.1, 0.15) is 17.4 Å². The number of ether oxygens (including phenoxy) is 1. The number of rotatable bonds is 6. The molecule has 1 amide bonds. The molecular weight excluding hydrogens is 390 g/mol. The van der Waals surface area contributed by atoms with Crippen LogP contribution in [0.3, 0.4) is 0 Å². The summed E-state index contributed by atoms with van der Waals surface area (Å²) in [6, 6.07) is 5.18. The predicted molar refractivity (Wildman–Crippen MR) is 92.8 cm³/mol. The smallest absolute Gasteiger partial charge is 0.242 e. The van der Waals surface area contributed by atoms with Gasteiger partial charge in [-0.2, -0.15) is 4.72 Å². The van der Waals surface area contributed by atoms with E-state index in [1.165, 1.54) is 32.2 Å². The number of carbonyl (C=O) groups excluding carboxylic acids is 1. The molecule has 0 aromatic heterocycles. The topological polar surface area (TPSA) is 84.5 Å². The number of amides is 1. The minimum absolute atomic E-state index is 0.0841. The van der Waals surface area contributed by atoms with Crippen molar-refractivity contribution in [3.05, 3.63) is 53.1 Å². The summed E-state index contributed by atoms with van der Waals surface area (Å²) in [5, 5.41) is 2.27. The molecule has 2 aromatic rings. The maximum absolute atomic E-state index is 13.6. The van der Waals surface area contributed by atoms with Crippen LogP contribution in [0.4, 0.5) is 14.5 Å². The Morgan fingerprint density at radius 2 is 1.88 bits per heavy atom. The number of carbonyl (C=O) groups is 1. The fourth-order valence-corrected chi connectivity index (χ4v) is 3.55. The van der Waals surface area contributed by atoms with E-state index in [0.717, 1.165) is 12.1 Å². The molecule has 0 fully saturated rings. The summed E-state index contributed by atoms with van der Waals surface area (Å²) >= 11 is 5.90. The second-order valence-corrected chi connectivity index (χ2v) is 7.37. The van der Waals surface area contributed by atoms with E-state index in [2.05, 4.69) is 10.0 Å².